The molecule has 9 heteroatoms. The zero-order chi connectivity index (χ0) is 19.5. The monoisotopic (exact) mass is 417 g/mol. The van der Waals surface area contributed by atoms with Crippen LogP contribution in [0.4, 0.5) is 0 Å². The van der Waals surface area contributed by atoms with E-state index < -0.39 is 10.0 Å². The van der Waals surface area contributed by atoms with Gasteiger partial charge in [-0.25, -0.2) is 17.7 Å². The third kappa shape index (κ3) is 5.22. The highest BCUT2D eigenvalue weighted by atomic mass is 35.5. The number of sulfonamides is 1. The van der Waals surface area contributed by atoms with Gasteiger partial charge in [0.1, 0.15) is 0 Å². The average Bonchev–Trinajstić information content (AvgIpc) is 2.55. The average molecular weight is 418 g/mol. The number of fused-ring (bicyclic) bond motifs is 1. The van der Waals surface area contributed by atoms with E-state index in [1.807, 2.05) is 13.8 Å². The molecule has 1 heterocycles. The molecule has 1 aromatic heterocycles. The van der Waals surface area contributed by atoms with Crippen LogP contribution in [-0.2, 0) is 16.6 Å². The highest BCUT2D eigenvalue weighted by Crippen LogP contribution is 2.22. The highest BCUT2D eigenvalue weighted by Gasteiger charge is 2.15. The van der Waals surface area contributed by atoms with Gasteiger partial charge in [0, 0.05) is 31.4 Å². The molecule has 26 heavy (non-hydrogen) atoms. The van der Waals surface area contributed by atoms with E-state index in [0.29, 0.717) is 39.8 Å². The lowest BCUT2D eigenvalue weighted by atomic mass is 10.2. The summed E-state index contributed by atoms with van der Waals surface area (Å²) >= 11 is 7.43. The summed E-state index contributed by atoms with van der Waals surface area (Å²) in [5, 5.41) is 1.61. The molecule has 144 valence electrons. The second-order valence-corrected chi connectivity index (χ2v) is 10.5. The Labute approximate surface area is 163 Å². The summed E-state index contributed by atoms with van der Waals surface area (Å²) < 4.78 is 26.6. The van der Waals surface area contributed by atoms with Crippen molar-refractivity contribution in [2.75, 3.05) is 25.6 Å². The molecule has 0 radical (unpaired) electrons. The van der Waals surface area contributed by atoms with Crippen molar-refractivity contribution in [2.24, 2.45) is 5.92 Å². The van der Waals surface area contributed by atoms with Gasteiger partial charge in [-0.1, -0.05) is 37.2 Å². The number of thioether (sulfide) groups is 1. The first-order valence-electron chi connectivity index (χ1n) is 8.35. The van der Waals surface area contributed by atoms with E-state index in [2.05, 4.69) is 4.98 Å². The molecule has 0 saturated carbocycles. The van der Waals surface area contributed by atoms with Crippen LogP contribution < -0.4 is 5.56 Å². The van der Waals surface area contributed by atoms with Crippen molar-refractivity contribution in [2.45, 2.75) is 32.0 Å². The van der Waals surface area contributed by atoms with Gasteiger partial charge in [-0.3, -0.25) is 9.36 Å². The van der Waals surface area contributed by atoms with E-state index >= 15 is 0 Å². The van der Waals surface area contributed by atoms with E-state index in [0.717, 1.165) is 0 Å². The van der Waals surface area contributed by atoms with Crippen LogP contribution in [0.2, 0.25) is 5.02 Å². The fourth-order valence-corrected chi connectivity index (χ4v) is 4.57. The molecule has 2 rings (SSSR count). The number of aromatic nitrogens is 2. The summed E-state index contributed by atoms with van der Waals surface area (Å²) in [6, 6.07) is 5.09. The molecular formula is C17H24ClN3O3S2. The van der Waals surface area contributed by atoms with Crippen LogP contribution in [0.25, 0.3) is 10.9 Å². The van der Waals surface area contributed by atoms with E-state index in [-0.39, 0.29) is 17.2 Å². The van der Waals surface area contributed by atoms with Crippen molar-refractivity contribution in [1.82, 2.24) is 13.9 Å². The summed E-state index contributed by atoms with van der Waals surface area (Å²) in [7, 11) is -0.160. The molecule has 0 aliphatic heterocycles. The predicted octanol–water partition coefficient (Wildman–Crippen LogP) is 3.08. The van der Waals surface area contributed by atoms with Crippen molar-refractivity contribution < 1.29 is 8.42 Å². The molecule has 0 unspecified atom stereocenters. The summed E-state index contributed by atoms with van der Waals surface area (Å²) in [5.41, 5.74) is 0.484. The molecular weight excluding hydrogens is 394 g/mol. The van der Waals surface area contributed by atoms with Crippen molar-refractivity contribution >= 4 is 44.3 Å². The number of nitrogens with zero attached hydrogens (tertiary/aromatic N) is 3. The van der Waals surface area contributed by atoms with Gasteiger partial charge in [0.05, 0.1) is 16.7 Å². The SMILES string of the molecule is CC(C)Cn1c(SCCCS(=O)(=O)N(C)C)nc2ccc(Cl)cc2c1=O. The molecule has 0 N–H and O–H groups in total. The van der Waals surface area contributed by atoms with Gasteiger partial charge in [-0.15, -0.1) is 0 Å². The standard InChI is InChI=1S/C17H24ClN3O3S2/c1-12(2)11-21-16(22)14-10-13(18)6-7-15(14)19-17(21)25-8-5-9-26(23,24)20(3)4/h6-7,10,12H,5,8-9,11H2,1-4H3. The number of hydrogen-bond donors (Lipinski definition) is 0. The number of halogens is 1. The Morgan fingerprint density at radius 1 is 1.31 bits per heavy atom. The van der Waals surface area contributed by atoms with Gasteiger partial charge in [0.15, 0.2) is 5.16 Å². The Kier molecular flexibility index (Phi) is 7.12. The van der Waals surface area contributed by atoms with Gasteiger partial charge in [-0.05, 0) is 30.5 Å². The topological polar surface area (TPSA) is 72.3 Å². The molecule has 0 atom stereocenters. The molecule has 6 nitrogen and oxygen atoms in total. The van der Waals surface area contributed by atoms with E-state index in [1.54, 1.807) is 22.8 Å². The lowest BCUT2D eigenvalue weighted by molar-refractivity contribution is 0.475. The molecule has 0 aliphatic carbocycles. The van der Waals surface area contributed by atoms with Crippen LogP contribution in [0, 0.1) is 5.92 Å². The Morgan fingerprint density at radius 2 is 2.00 bits per heavy atom. The first-order valence-corrected chi connectivity index (χ1v) is 11.3. The van der Waals surface area contributed by atoms with Gasteiger partial charge < -0.3 is 0 Å². The Hall–Kier alpha value is -1.09. The van der Waals surface area contributed by atoms with Gasteiger partial charge in [0.25, 0.3) is 5.56 Å². The van der Waals surface area contributed by atoms with Crippen LogP contribution >= 0.6 is 23.4 Å². The molecule has 0 spiro atoms. The fourth-order valence-electron chi connectivity index (χ4n) is 2.40. The second-order valence-electron chi connectivity index (χ2n) is 6.67. The maximum Gasteiger partial charge on any atom is 0.262 e. The zero-order valence-corrected chi connectivity index (χ0v) is 17.8. The normalized spacial score (nSPS) is 12.4. The molecule has 0 aliphatic rings. The number of benzene rings is 1. The Balaban J connectivity index is 2.27. The molecule has 0 bridgehead atoms. The summed E-state index contributed by atoms with van der Waals surface area (Å²) in [5.74, 6) is 0.918. The summed E-state index contributed by atoms with van der Waals surface area (Å²) in [4.78, 5) is 17.5. The molecule has 0 fully saturated rings. The lowest BCUT2D eigenvalue weighted by Crippen LogP contribution is -2.26. The van der Waals surface area contributed by atoms with Crippen molar-refractivity contribution in [3.05, 3.63) is 33.6 Å². The minimum absolute atomic E-state index is 0.0740. The molecule has 2 aromatic rings. The summed E-state index contributed by atoms with van der Waals surface area (Å²) in [6.07, 6.45) is 0.487. The maximum atomic E-state index is 12.9. The zero-order valence-electron chi connectivity index (χ0n) is 15.4. The van der Waals surface area contributed by atoms with Crippen LogP contribution in [0.1, 0.15) is 20.3 Å². The lowest BCUT2D eigenvalue weighted by Gasteiger charge is -2.15. The minimum atomic E-state index is -3.21. The quantitative estimate of drug-likeness (QED) is 0.375. The van der Waals surface area contributed by atoms with Crippen LogP contribution in [0.15, 0.2) is 28.2 Å². The van der Waals surface area contributed by atoms with Crippen LogP contribution in [0.3, 0.4) is 0 Å². The second kappa shape index (κ2) is 8.73. The maximum absolute atomic E-state index is 12.9. The van der Waals surface area contributed by atoms with Crippen molar-refractivity contribution in [1.29, 1.82) is 0 Å². The minimum Gasteiger partial charge on any atom is -0.287 e. The first kappa shape index (κ1) is 21.2. The Bertz CT molecular complexity index is 940. The van der Waals surface area contributed by atoms with Crippen molar-refractivity contribution in [3.8, 4) is 0 Å². The van der Waals surface area contributed by atoms with Gasteiger partial charge in [-0.2, -0.15) is 0 Å². The third-order valence-electron chi connectivity index (χ3n) is 3.76. The largest absolute Gasteiger partial charge is 0.287 e. The fraction of sp³-hybridized carbons (Fsp3) is 0.529. The van der Waals surface area contributed by atoms with Crippen LogP contribution in [-0.4, -0.2) is 47.9 Å². The number of hydrogen-bond acceptors (Lipinski definition) is 5. The number of rotatable bonds is 8. The molecule has 0 amide bonds. The Morgan fingerprint density at radius 3 is 2.62 bits per heavy atom. The van der Waals surface area contributed by atoms with Crippen LogP contribution in [0.5, 0.6) is 0 Å². The van der Waals surface area contributed by atoms with E-state index in [4.69, 9.17) is 11.6 Å². The molecule has 1 aromatic carbocycles. The smallest absolute Gasteiger partial charge is 0.262 e. The first-order chi connectivity index (χ1) is 12.1. The van der Waals surface area contributed by atoms with E-state index in [1.165, 1.54) is 30.2 Å². The van der Waals surface area contributed by atoms with Gasteiger partial charge >= 0.3 is 0 Å². The molecule has 0 saturated heterocycles. The third-order valence-corrected chi connectivity index (χ3v) is 6.98. The van der Waals surface area contributed by atoms with Gasteiger partial charge in [0.2, 0.25) is 10.0 Å². The summed E-state index contributed by atoms with van der Waals surface area (Å²) in [6.45, 7) is 4.62. The van der Waals surface area contributed by atoms with Crippen molar-refractivity contribution in [3.63, 3.8) is 0 Å². The predicted molar refractivity (Wildman–Crippen MR) is 109 cm³/mol. The van der Waals surface area contributed by atoms with E-state index in [9.17, 15) is 13.2 Å². The highest BCUT2D eigenvalue weighted by molar-refractivity contribution is 7.99.